The minimum atomic E-state index is -0.552. The van der Waals surface area contributed by atoms with Crippen LogP contribution in [0.5, 0.6) is 0 Å². The maximum Gasteiger partial charge on any atom is 0.325 e. The van der Waals surface area contributed by atoms with Gasteiger partial charge in [-0.3, -0.25) is 4.79 Å². The second-order valence-electron chi connectivity index (χ2n) is 4.88. The average molecular weight is 285 g/mol. The number of nitrogen functional groups attached to an aromatic ring is 1. The van der Waals surface area contributed by atoms with E-state index < -0.39 is 11.6 Å². The van der Waals surface area contributed by atoms with Gasteiger partial charge in [-0.05, 0) is 26.8 Å². The molecular formula is C12H17ClN4O2. The number of carbonyl (C=O) groups excluding carboxylic acids is 1. The molecule has 0 saturated heterocycles. The Kier molecular flexibility index (Phi) is 4.72. The number of rotatable bonds is 4. The van der Waals surface area contributed by atoms with Crippen LogP contribution in [0.4, 0.5) is 11.5 Å². The molecule has 6 nitrogen and oxygen atoms in total. The minimum Gasteiger partial charge on any atom is -0.459 e. The summed E-state index contributed by atoms with van der Waals surface area (Å²) in [6.07, 6.45) is 1.05. The summed E-state index contributed by atoms with van der Waals surface area (Å²) in [5.74, 6) is -0.144. The molecule has 0 amide bonds. The normalized spacial score (nSPS) is 10.9. The van der Waals surface area contributed by atoms with Gasteiger partial charge in [0.2, 0.25) is 0 Å². The van der Waals surface area contributed by atoms with E-state index in [4.69, 9.17) is 27.5 Å². The van der Waals surface area contributed by atoms with Crippen LogP contribution in [0.2, 0.25) is 5.15 Å². The first-order valence-electron chi connectivity index (χ1n) is 5.65. The van der Waals surface area contributed by atoms with Crippen molar-refractivity contribution in [3.8, 4) is 0 Å². The lowest BCUT2D eigenvalue weighted by Crippen LogP contribution is -2.28. The van der Waals surface area contributed by atoms with Crippen LogP contribution in [0.25, 0.3) is 0 Å². The minimum absolute atomic E-state index is 0.0785. The summed E-state index contributed by atoms with van der Waals surface area (Å²) in [6.45, 7) is 5.27. The van der Waals surface area contributed by atoms with E-state index >= 15 is 0 Å². The van der Waals surface area contributed by atoms with Gasteiger partial charge in [0, 0.05) is 11.9 Å². The van der Waals surface area contributed by atoms with Gasteiger partial charge in [-0.25, -0.2) is 4.98 Å². The van der Waals surface area contributed by atoms with E-state index in [1.165, 1.54) is 6.07 Å². The average Bonchev–Trinajstić information content (AvgIpc) is 2.23. The molecule has 0 aliphatic rings. The third kappa shape index (κ3) is 4.75. The Balaban J connectivity index is 2.78. The third-order valence-corrected chi connectivity index (χ3v) is 2.22. The van der Waals surface area contributed by atoms with Crippen molar-refractivity contribution in [2.75, 3.05) is 17.6 Å². The number of aromatic nitrogens is 1. The van der Waals surface area contributed by atoms with E-state index in [-0.39, 0.29) is 17.5 Å². The zero-order valence-corrected chi connectivity index (χ0v) is 11.8. The van der Waals surface area contributed by atoms with Gasteiger partial charge >= 0.3 is 5.97 Å². The quantitative estimate of drug-likeness (QED) is 0.446. The fraction of sp³-hybridized carbons (Fsp3) is 0.417. The summed E-state index contributed by atoms with van der Waals surface area (Å²) in [7, 11) is 0. The van der Waals surface area contributed by atoms with Gasteiger partial charge in [0.1, 0.15) is 23.1 Å². The Bertz CT molecular complexity index is 497. The fourth-order valence-corrected chi connectivity index (χ4v) is 1.56. The number of pyridine rings is 1. The van der Waals surface area contributed by atoms with Crippen LogP contribution in [0.15, 0.2) is 6.07 Å². The molecule has 1 rings (SSSR count). The molecule has 0 aliphatic carbocycles. The number of esters is 1. The van der Waals surface area contributed by atoms with Crippen LogP contribution in [0.3, 0.4) is 0 Å². The van der Waals surface area contributed by atoms with E-state index in [1.54, 1.807) is 20.8 Å². The summed E-state index contributed by atoms with van der Waals surface area (Å²) in [4.78, 5) is 15.6. The van der Waals surface area contributed by atoms with Crippen molar-refractivity contribution in [1.29, 1.82) is 5.41 Å². The predicted octanol–water partition coefficient (Wildman–Crippen LogP) is 2.07. The van der Waals surface area contributed by atoms with Crippen molar-refractivity contribution in [2.24, 2.45) is 0 Å². The molecule has 1 heterocycles. The number of halogens is 1. The highest BCUT2D eigenvalue weighted by molar-refractivity contribution is 6.30. The maximum absolute atomic E-state index is 11.6. The molecular weight excluding hydrogens is 268 g/mol. The first kappa shape index (κ1) is 15.2. The number of nitrogens with two attached hydrogens (primary N) is 1. The summed E-state index contributed by atoms with van der Waals surface area (Å²) in [5, 5.41) is 10.2. The third-order valence-electron chi connectivity index (χ3n) is 2.02. The Morgan fingerprint density at radius 2 is 2.26 bits per heavy atom. The zero-order chi connectivity index (χ0) is 14.6. The van der Waals surface area contributed by atoms with Gasteiger partial charge in [0.15, 0.2) is 0 Å². The van der Waals surface area contributed by atoms with Gasteiger partial charge in [-0.1, -0.05) is 11.6 Å². The molecule has 0 unspecified atom stereocenters. The summed E-state index contributed by atoms with van der Waals surface area (Å²) in [5.41, 5.74) is 5.86. The highest BCUT2D eigenvalue weighted by atomic mass is 35.5. The Morgan fingerprint density at radius 3 is 2.79 bits per heavy atom. The number of ether oxygens (including phenoxy) is 1. The van der Waals surface area contributed by atoms with Crippen LogP contribution in [0.1, 0.15) is 26.3 Å². The number of hydrogen-bond donors (Lipinski definition) is 3. The number of nitrogens with one attached hydrogen (secondary N) is 2. The molecule has 0 spiro atoms. The standard InChI is InChI=1S/C12H17ClN4O2/c1-12(2,3)19-10(18)6-16-11-7(5-14)8(15)4-9(13)17-11/h4-5,14H,6H2,1-3H3,(H3,15,16,17). The Hall–Kier alpha value is -1.82. The SMILES string of the molecule is CC(C)(C)OC(=O)CNc1nc(Cl)cc(N)c1C=N. The smallest absolute Gasteiger partial charge is 0.325 e. The van der Waals surface area contributed by atoms with Gasteiger partial charge in [0.25, 0.3) is 0 Å². The van der Waals surface area contributed by atoms with Crippen LogP contribution < -0.4 is 11.1 Å². The van der Waals surface area contributed by atoms with Crippen LogP contribution in [-0.4, -0.2) is 29.3 Å². The van der Waals surface area contributed by atoms with Crippen molar-refractivity contribution in [2.45, 2.75) is 26.4 Å². The molecule has 104 valence electrons. The summed E-state index contributed by atoms with van der Waals surface area (Å²) >= 11 is 5.78. The first-order valence-corrected chi connectivity index (χ1v) is 6.03. The molecule has 0 bridgehead atoms. The largest absolute Gasteiger partial charge is 0.459 e. The molecule has 0 aliphatic heterocycles. The Labute approximate surface area is 116 Å². The second-order valence-corrected chi connectivity index (χ2v) is 5.27. The van der Waals surface area contributed by atoms with Crippen molar-refractivity contribution < 1.29 is 9.53 Å². The number of carbonyl (C=O) groups is 1. The molecule has 0 radical (unpaired) electrons. The van der Waals surface area contributed by atoms with E-state index in [0.29, 0.717) is 11.3 Å². The number of anilines is 2. The van der Waals surface area contributed by atoms with E-state index in [0.717, 1.165) is 6.21 Å². The molecule has 0 aromatic carbocycles. The van der Waals surface area contributed by atoms with Gasteiger partial charge in [0.05, 0.1) is 5.56 Å². The molecule has 0 fully saturated rings. The molecule has 7 heteroatoms. The maximum atomic E-state index is 11.6. The van der Waals surface area contributed by atoms with Gasteiger partial charge < -0.3 is 21.2 Å². The van der Waals surface area contributed by atoms with Crippen LogP contribution >= 0.6 is 11.6 Å². The summed E-state index contributed by atoms with van der Waals surface area (Å²) < 4.78 is 5.14. The summed E-state index contributed by atoms with van der Waals surface area (Å²) in [6, 6.07) is 1.45. The fourth-order valence-electron chi connectivity index (χ4n) is 1.36. The molecule has 0 atom stereocenters. The Morgan fingerprint density at radius 1 is 1.63 bits per heavy atom. The first-order chi connectivity index (χ1) is 8.73. The molecule has 1 aromatic heterocycles. The highest BCUT2D eigenvalue weighted by Gasteiger charge is 2.17. The molecule has 1 aromatic rings. The van der Waals surface area contributed by atoms with Crippen molar-refractivity contribution in [3.05, 3.63) is 16.8 Å². The van der Waals surface area contributed by atoms with E-state index in [9.17, 15) is 4.79 Å². The molecule has 0 saturated carbocycles. The second kappa shape index (κ2) is 5.88. The van der Waals surface area contributed by atoms with Gasteiger partial charge in [-0.2, -0.15) is 0 Å². The van der Waals surface area contributed by atoms with Crippen molar-refractivity contribution >= 4 is 35.3 Å². The van der Waals surface area contributed by atoms with E-state index in [1.807, 2.05) is 0 Å². The number of nitrogens with zero attached hydrogens (tertiary/aromatic N) is 1. The van der Waals surface area contributed by atoms with E-state index in [2.05, 4.69) is 10.3 Å². The van der Waals surface area contributed by atoms with Crippen molar-refractivity contribution in [3.63, 3.8) is 0 Å². The van der Waals surface area contributed by atoms with Crippen LogP contribution in [0, 0.1) is 5.41 Å². The predicted molar refractivity (Wildman–Crippen MR) is 75.9 cm³/mol. The van der Waals surface area contributed by atoms with Gasteiger partial charge in [-0.15, -0.1) is 0 Å². The monoisotopic (exact) mass is 284 g/mol. The topological polar surface area (TPSA) is 101 Å². The van der Waals surface area contributed by atoms with Crippen molar-refractivity contribution in [1.82, 2.24) is 4.98 Å². The molecule has 19 heavy (non-hydrogen) atoms. The lowest BCUT2D eigenvalue weighted by molar-refractivity contribution is -0.152. The number of hydrogen-bond acceptors (Lipinski definition) is 6. The lowest BCUT2D eigenvalue weighted by atomic mass is 10.2. The highest BCUT2D eigenvalue weighted by Crippen LogP contribution is 2.22. The molecule has 4 N–H and O–H groups in total. The lowest BCUT2D eigenvalue weighted by Gasteiger charge is -2.20. The van der Waals surface area contributed by atoms with Crippen LogP contribution in [-0.2, 0) is 9.53 Å². The zero-order valence-electron chi connectivity index (χ0n) is 11.1.